The molecule has 0 radical (unpaired) electrons. The van der Waals surface area contributed by atoms with Crippen LogP contribution in [0, 0.1) is 6.92 Å². The lowest BCUT2D eigenvalue weighted by Crippen LogP contribution is -2.47. The molecular formula is C23H28N4O4. The van der Waals surface area contributed by atoms with Crippen LogP contribution < -0.4 is 14.4 Å². The Morgan fingerprint density at radius 3 is 2.42 bits per heavy atom. The molecule has 31 heavy (non-hydrogen) atoms. The maximum absolute atomic E-state index is 12.8. The quantitative estimate of drug-likeness (QED) is 0.631. The fraction of sp³-hybridized carbons (Fsp3) is 0.435. The van der Waals surface area contributed by atoms with E-state index >= 15 is 0 Å². The Kier molecular flexibility index (Phi) is 6.08. The van der Waals surface area contributed by atoms with E-state index in [1.807, 2.05) is 18.2 Å². The van der Waals surface area contributed by atoms with E-state index < -0.39 is 0 Å². The summed E-state index contributed by atoms with van der Waals surface area (Å²) in [4.78, 5) is 35.8. The minimum atomic E-state index is -0.314. The van der Waals surface area contributed by atoms with Crippen LogP contribution in [0.15, 0.2) is 30.3 Å². The predicted molar refractivity (Wildman–Crippen MR) is 117 cm³/mol. The van der Waals surface area contributed by atoms with Gasteiger partial charge in [0, 0.05) is 38.4 Å². The normalized spacial score (nSPS) is 16.6. The summed E-state index contributed by atoms with van der Waals surface area (Å²) in [6.45, 7) is 6.69. The van der Waals surface area contributed by atoms with Gasteiger partial charge in [0.05, 0.1) is 25.5 Å². The number of anilines is 1. The maximum atomic E-state index is 12.8. The van der Waals surface area contributed by atoms with E-state index in [1.54, 1.807) is 20.1 Å². The summed E-state index contributed by atoms with van der Waals surface area (Å²) in [5.74, 6) is 0.542. The minimum Gasteiger partial charge on any atom is -0.495 e. The van der Waals surface area contributed by atoms with Gasteiger partial charge < -0.3 is 14.4 Å². The van der Waals surface area contributed by atoms with Gasteiger partial charge in [0.25, 0.3) is 11.8 Å². The number of hydrogen-bond donors (Lipinski definition) is 0. The lowest BCUT2D eigenvalue weighted by atomic mass is 10.1. The minimum absolute atomic E-state index is 0.225. The third-order valence-corrected chi connectivity index (χ3v) is 5.90. The Balaban J connectivity index is 1.31. The van der Waals surface area contributed by atoms with E-state index in [0.717, 1.165) is 50.6 Å². The molecule has 0 N–H and O–H groups in total. The van der Waals surface area contributed by atoms with E-state index in [4.69, 9.17) is 9.47 Å². The second kappa shape index (κ2) is 8.93. The molecule has 1 fully saturated rings. The molecule has 0 saturated carbocycles. The largest absolute Gasteiger partial charge is 0.495 e. The number of aromatic nitrogens is 1. The van der Waals surface area contributed by atoms with Crippen LogP contribution in [0.2, 0.25) is 0 Å². The molecule has 3 heterocycles. The first-order valence-electron chi connectivity index (χ1n) is 10.6. The third-order valence-electron chi connectivity index (χ3n) is 5.90. The van der Waals surface area contributed by atoms with Crippen LogP contribution in [0.3, 0.4) is 0 Å². The highest BCUT2D eigenvalue weighted by Gasteiger charge is 2.39. The van der Waals surface area contributed by atoms with Crippen LogP contribution in [0.4, 0.5) is 5.69 Å². The predicted octanol–water partition coefficient (Wildman–Crippen LogP) is 2.22. The van der Waals surface area contributed by atoms with Crippen LogP contribution in [0.5, 0.6) is 11.6 Å². The van der Waals surface area contributed by atoms with Gasteiger partial charge in [0.1, 0.15) is 11.3 Å². The number of para-hydroxylation sites is 2. The van der Waals surface area contributed by atoms with E-state index in [1.165, 1.54) is 12.0 Å². The van der Waals surface area contributed by atoms with Gasteiger partial charge in [0.2, 0.25) is 5.88 Å². The zero-order valence-corrected chi connectivity index (χ0v) is 18.3. The number of ether oxygens (including phenoxy) is 2. The maximum Gasteiger partial charge on any atom is 0.267 e. The lowest BCUT2D eigenvalue weighted by molar-refractivity contribution is 0.0646. The van der Waals surface area contributed by atoms with Gasteiger partial charge in [-0.1, -0.05) is 12.1 Å². The fourth-order valence-electron chi connectivity index (χ4n) is 4.30. The van der Waals surface area contributed by atoms with Crippen molar-refractivity contribution in [3.05, 3.63) is 47.2 Å². The van der Waals surface area contributed by atoms with Gasteiger partial charge >= 0.3 is 0 Å². The molecule has 1 aromatic heterocycles. The Bertz CT molecular complexity index is 986. The Labute approximate surface area is 182 Å². The van der Waals surface area contributed by atoms with E-state index in [-0.39, 0.29) is 23.3 Å². The number of imide groups is 1. The molecule has 1 saturated heterocycles. The number of nitrogens with zero attached hydrogens (tertiary/aromatic N) is 4. The molecule has 0 bridgehead atoms. The summed E-state index contributed by atoms with van der Waals surface area (Å²) in [6.07, 6.45) is 0.731. The topological polar surface area (TPSA) is 75.2 Å². The Hall–Kier alpha value is -3.13. The van der Waals surface area contributed by atoms with Crippen molar-refractivity contribution in [2.75, 3.05) is 58.4 Å². The van der Waals surface area contributed by atoms with E-state index in [0.29, 0.717) is 17.8 Å². The van der Waals surface area contributed by atoms with Crippen molar-refractivity contribution >= 4 is 17.5 Å². The van der Waals surface area contributed by atoms with Crippen molar-refractivity contribution < 1.29 is 19.1 Å². The molecule has 8 nitrogen and oxygen atoms in total. The first kappa shape index (κ1) is 21.1. The van der Waals surface area contributed by atoms with Crippen LogP contribution in [0.1, 0.15) is 32.8 Å². The van der Waals surface area contributed by atoms with Crippen molar-refractivity contribution in [1.82, 2.24) is 14.8 Å². The highest BCUT2D eigenvalue weighted by atomic mass is 16.5. The van der Waals surface area contributed by atoms with Crippen molar-refractivity contribution in [1.29, 1.82) is 0 Å². The number of carbonyl (C=O) groups excluding carboxylic acids is 2. The average Bonchev–Trinajstić information content (AvgIpc) is 3.03. The van der Waals surface area contributed by atoms with Crippen molar-refractivity contribution in [3.8, 4) is 11.6 Å². The standard InChI is InChI=1S/C23H28N4O4/c1-16-15-17-20(21(24-16)31-3)23(29)27(22(17)28)10-6-9-25-11-13-26(14-12-25)18-7-4-5-8-19(18)30-2/h4-5,7-8,15H,6,9-14H2,1-3H3. The molecular weight excluding hydrogens is 396 g/mol. The lowest BCUT2D eigenvalue weighted by Gasteiger charge is -2.36. The molecule has 8 heteroatoms. The first-order valence-corrected chi connectivity index (χ1v) is 10.6. The summed E-state index contributed by atoms with van der Waals surface area (Å²) < 4.78 is 10.7. The number of fused-ring (bicyclic) bond motifs is 1. The number of methoxy groups -OCH3 is 2. The van der Waals surface area contributed by atoms with Gasteiger partial charge in [-0.25, -0.2) is 4.98 Å². The van der Waals surface area contributed by atoms with Crippen LogP contribution in [-0.4, -0.2) is 80.1 Å². The molecule has 0 aliphatic carbocycles. The molecule has 4 rings (SSSR count). The van der Waals surface area contributed by atoms with Gasteiger partial charge in [-0.2, -0.15) is 0 Å². The second-order valence-corrected chi connectivity index (χ2v) is 7.81. The monoisotopic (exact) mass is 424 g/mol. The van der Waals surface area contributed by atoms with Gasteiger partial charge in [-0.3, -0.25) is 19.4 Å². The number of hydrogen-bond acceptors (Lipinski definition) is 7. The number of pyridine rings is 1. The highest BCUT2D eigenvalue weighted by Crippen LogP contribution is 2.31. The number of amides is 2. The zero-order chi connectivity index (χ0) is 22.0. The van der Waals surface area contributed by atoms with E-state index in [2.05, 4.69) is 20.9 Å². The number of aryl methyl sites for hydroxylation is 1. The smallest absolute Gasteiger partial charge is 0.267 e. The van der Waals surface area contributed by atoms with Gasteiger partial charge in [-0.15, -0.1) is 0 Å². The molecule has 2 amide bonds. The summed E-state index contributed by atoms with van der Waals surface area (Å²) in [5.41, 5.74) is 2.45. The summed E-state index contributed by atoms with van der Waals surface area (Å²) in [5, 5.41) is 0. The average molecular weight is 425 g/mol. The van der Waals surface area contributed by atoms with E-state index in [9.17, 15) is 9.59 Å². The molecule has 0 unspecified atom stereocenters. The molecule has 2 aliphatic rings. The van der Waals surface area contributed by atoms with Crippen LogP contribution in [0.25, 0.3) is 0 Å². The molecule has 0 atom stereocenters. The molecule has 2 aromatic rings. The van der Waals surface area contributed by atoms with Crippen molar-refractivity contribution in [2.45, 2.75) is 13.3 Å². The number of piperazine rings is 1. The highest BCUT2D eigenvalue weighted by molar-refractivity contribution is 6.22. The summed E-state index contributed by atoms with van der Waals surface area (Å²) in [7, 11) is 3.16. The first-order chi connectivity index (χ1) is 15.0. The van der Waals surface area contributed by atoms with Gasteiger partial charge in [-0.05, 0) is 38.1 Å². The second-order valence-electron chi connectivity index (χ2n) is 7.81. The third kappa shape index (κ3) is 4.07. The van der Waals surface area contributed by atoms with Crippen LogP contribution in [-0.2, 0) is 0 Å². The van der Waals surface area contributed by atoms with Crippen molar-refractivity contribution in [3.63, 3.8) is 0 Å². The van der Waals surface area contributed by atoms with Gasteiger partial charge in [0.15, 0.2) is 0 Å². The number of rotatable bonds is 7. The number of benzene rings is 1. The summed E-state index contributed by atoms with van der Waals surface area (Å²) >= 11 is 0. The molecule has 0 spiro atoms. The SMILES string of the molecule is COc1ccccc1N1CCN(CCCN2C(=O)c3cc(C)nc(OC)c3C2=O)CC1. The van der Waals surface area contributed by atoms with Crippen LogP contribution >= 0.6 is 0 Å². The number of carbonyl (C=O) groups is 2. The molecule has 1 aromatic carbocycles. The summed E-state index contributed by atoms with van der Waals surface area (Å²) in [6, 6.07) is 9.73. The Morgan fingerprint density at radius 2 is 1.71 bits per heavy atom. The zero-order valence-electron chi connectivity index (χ0n) is 18.3. The molecule has 2 aliphatic heterocycles. The Morgan fingerprint density at radius 1 is 0.968 bits per heavy atom. The van der Waals surface area contributed by atoms with Crippen molar-refractivity contribution in [2.24, 2.45) is 0 Å². The molecule has 164 valence electrons. The fourth-order valence-corrected chi connectivity index (χ4v) is 4.30.